The number of carboxylic acid groups (broad SMARTS) is 2. The molecule has 1 aliphatic heterocycles. The molecule has 0 amide bonds. The first kappa shape index (κ1) is 13.4. The first-order valence-electron chi connectivity index (χ1n) is 4.54. The molecule has 0 saturated heterocycles. The van der Waals surface area contributed by atoms with Gasteiger partial charge in [0.1, 0.15) is 0 Å². The van der Waals surface area contributed by atoms with Crippen LogP contribution in [0.5, 0.6) is 0 Å². The summed E-state index contributed by atoms with van der Waals surface area (Å²) in [5.74, 6) is -4.01. The summed E-state index contributed by atoms with van der Waals surface area (Å²) < 4.78 is 0. The van der Waals surface area contributed by atoms with Gasteiger partial charge in [0.15, 0.2) is 5.97 Å². The third kappa shape index (κ3) is 6.45. The van der Waals surface area contributed by atoms with Crippen molar-refractivity contribution in [3.63, 3.8) is 0 Å². The first-order chi connectivity index (χ1) is 6.97. The Bertz CT molecular complexity index is 271. The third-order valence-electron chi connectivity index (χ3n) is 1.99. The van der Waals surface area contributed by atoms with Crippen molar-refractivity contribution in [2.75, 3.05) is 20.1 Å². The summed E-state index contributed by atoms with van der Waals surface area (Å²) in [6, 6.07) is 0. The number of carboxylic acids is 2. The Balaban J connectivity index is 0.000000288. The molecule has 0 aromatic rings. The number of carbonyl (C=O) groups excluding carboxylic acids is 1. The van der Waals surface area contributed by atoms with Crippen molar-refractivity contribution in [1.82, 2.24) is 0 Å². The highest BCUT2D eigenvalue weighted by molar-refractivity contribution is 6.26. The second kappa shape index (κ2) is 6.78. The van der Waals surface area contributed by atoms with Crippen molar-refractivity contribution in [2.45, 2.75) is 6.42 Å². The molecule has 0 spiro atoms. The molecule has 1 aliphatic rings. The summed E-state index contributed by atoms with van der Waals surface area (Å²) in [6.45, 7) is 6.16. The Morgan fingerprint density at radius 3 is 2.47 bits per heavy atom. The van der Waals surface area contributed by atoms with E-state index in [1.807, 2.05) is 6.08 Å². The Kier molecular flexibility index (Phi) is 6.05. The molecule has 0 aromatic heterocycles. The molecule has 1 atom stereocenters. The van der Waals surface area contributed by atoms with Gasteiger partial charge in [-0.2, -0.15) is 0 Å². The lowest BCUT2D eigenvalue weighted by molar-refractivity contribution is -0.874. The zero-order valence-corrected chi connectivity index (χ0v) is 8.66. The normalized spacial score (nSPS) is 19.3. The number of likely N-dealkylation sites (N-methyl/N-ethyl adjacent to an activating group) is 1. The van der Waals surface area contributed by atoms with Crippen LogP contribution in [0.2, 0.25) is 0 Å². The minimum Gasteiger partial charge on any atom is -0.539 e. The Morgan fingerprint density at radius 2 is 2.20 bits per heavy atom. The number of allylic oxidation sites excluding steroid dienone is 1. The summed E-state index contributed by atoms with van der Waals surface area (Å²) in [5.41, 5.74) is 1.42. The second-order valence-electron chi connectivity index (χ2n) is 3.24. The molecular formula is C10H15NO4. The van der Waals surface area contributed by atoms with E-state index >= 15 is 0 Å². The first-order valence-corrected chi connectivity index (χ1v) is 4.54. The van der Waals surface area contributed by atoms with Crippen LogP contribution < -0.4 is 10.0 Å². The van der Waals surface area contributed by atoms with Gasteiger partial charge in [0.05, 0.1) is 20.1 Å². The Hall–Kier alpha value is -1.62. The maximum Gasteiger partial charge on any atom is 0.351 e. The van der Waals surface area contributed by atoms with Gasteiger partial charge in [-0.1, -0.05) is 12.7 Å². The van der Waals surface area contributed by atoms with E-state index in [2.05, 4.69) is 19.7 Å². The molecule has 0 radical (unpaired) electrons. The van der Waals surface area contributed by atoms with Gasteiger partial charge in [-0.05, 0) is 11.6 Å². The number of nitrogens with one attached hydrogen (secondary N) is 1. The molecule has 0 bridgehead atoms. The molecule has 0 aromatic carbocycles. The molecule has 84 valence electrons. The summed E-state index contributed by atoms with van der Waals surface area (Å²) in [4.78, 5) is 19.6. The van der Waals surface area contributed by atoms with Gasteiger partial charge in [0.2, 0.25) is 0 Å². The molecule has 1 rings (SSSR count). The fourth-order valence-electron chi connectivity index (χ4n) is 1.05. The largest absolute Gasteiger partial charge is 0.539 e. The van der Waals surface area contributed by atoms with Gasteiger partial charge in [-0.3, -0.25) is 0 Å². The Labute approximate surface area is 88.3 Å². The van der Waals surface area contributed by atoms with Crippen molar-refractivity contribution in [1.29, 1.82) is 0 Å². The molecule has 5 nitrogen and oxygen atoms in total. The molecule has 1 heterocycles. The standard InChI is InChI=1S/C8H13N.C2H2O4/c1-3-8-4-6-9(2)7-5-8;3-1(4)2(5)6/h3-4H,1,5-7H2,2H3;(H,3,4)(H,5,6). The van der Waals surface area contributed by atoms with Crippen molar-refractivity contribution >= 4 is 11.9 Å². The lowest BCUT2D eigenvalue weighted by Gasteiger charge is -2.17. The average Bonchev–Trinajstić information content (AvgIpc) is 2.20. The molecule has 2 N–H and O–H groups in total. The maximum absolute atomic E-state index is 9.04. The van der Waals surface area contributed by atoms with Crippen molar-refractivity contribution < 1.29 is 24.7 Å². The van der Waals surface area contributed by atoms with E-state index in [4.69, 9.17) is 19.8 Å². The van der Waals surface area contributed by atoms with E-state index in [1.165, 1.54) is 25.1 Å². The smallest absolute Gasteiger partial charge is 0.351 e. The number of aliphatic carboxylic acids is 2. The quantitative estimate of drug-likeness (QED) is 0.486. The highest BCUT2D eigenvalue weighted by atomic mass is 16.4. The molecule has 0 fully saturated rings. The van der Waals surface area contributed by atoms with Crippen molar-refractivity contribution in [2.24, 2.45) is 0 Å². The molecule has 0 aliphatic carbocycles. The zero-order valence-electron chi connectivity index (χ0n) is 8.66. The van der Waals surface area contributed by atoms with Crippen LogP contribution in [0.25, 0.3) is 0 Å². The molecule has 15 heavy (non-hydrogen) atoms. The number of hydrogen-bond acceptors (Lipinski definition) is 3. The molecule has 5 heteroatoms. The van der Waals surface area contributed by atoms with Crippen LogP contribution in [0.1, 0.15) is 6.42 Å². The van der Waals surface area contributed by atoms with Crippen LogP contribution in [0.4, 0.5) is 0 Å². The number of quaternary nitrogens is 1. The minimum absolute atomic E-state index is 1.17. The van der Waals surface area contributed by atoms with Crippen molar-refractivity contribution in [3.05, 3.63) is 24.3 Å². The lowest BCUT2D eigenvalue weighted by Crippen LogP contribution is -3.09. The monoisotopic (exact) mass is 213 g/mol. The van der Waals surface area contributed by atoms with Crippen LogP contribution in [0.3, 0.4) is 0 Å². The molecule has 0 saturated carbocycles. The number of carbonyl (C=O) groups is 2. The average molecular weight is 213 g/mol. The van der Waals surface area contributed by atoms with E-state index in [-0.39, 0.29) is 0 Å². The summed E-state index contributed by atoms with van der Waals surface area (Å²) in [5, 5.41) is 16.3. The van der Waals surface area contributed by atoms with Crippen LogP contribution in [-0.4, -0.2) is 37.2 Å². The van der Waals surface area contributed by atoms with Crippen LogP contribution >= 0.6 is 0 Å². The maximum atomic E-state index is 9.04. The van der Waals surface area contributed by atoms with Gasteiger partial charge in [-0.25, -0.2) is 4.79 Å². The van der Waals surface area contributed by atoms with Gasteiger partial charge in [0, 0.05) is 6.42 Å². The highest BCUT2D eigenvalue weighted by Crippen LogP contribution is 2.00. The summed E-state index contributed by atoms with van der Waals surface area (Å²) in [6.07, 6.45) is 5.44. The molecule has 1 unspecified atom stereocenters. The van der Waals surface area contributed by atoms with Gasteiger partial charge in [0.25, 0.3) is 0 Å². The second-order valence-corrected chi connectivity index (χ2v) is 3.24. The summed E-state index contributed by atoms with van der Waals surface area (Å²) in [7, 11) is 2.22. The van der Waals surface area contributed by atoms with Crippen LogP contribution in [0.15, 0.2) is 24.3 Å². The van der Waals surface area contributed by atoms with E-state index in [9.17, 15) is 0 Å². The summed E-state index contributed by atoms with van der Waals surface area (Å²) >= 11 is 0. The number of hydrogen-bond donors (Lipinski definition) is 2. The topological polar surface area (TPSA) is 81.9 Å². The van der Waals surface area contributed by atoms with Gasteiger partial charge < -0.3 is 19.9 Å². The minimum atomic E-state index is -2.07. The lowest BCUT2D eigenvalue weighted by atomic mass is 10.1. The highest BCUT2D eigenvalue weighted by Gasteiger charge is 2.06. The fraction of sp³-hybridized carbons (Fsp3) is 0.400. The predicted molar refractivity (Wildman–Crippen MR) is 52.2 cm³/mol. The Morgan fingerprint density at radius 1 is 1.67 bits per heavy atom. The fourth-order valence-corrected chi connectivity index (χ4v) is 1.05. The van der Waals surface area contributed by atoms with Gasteiger partial charge in [-0.15, -0.1) is 0 Å². The van der Waals surface area contributed by atoms with Gasteiger partial charge >= 0.3 is 5.97 Å². The predicted octanol–water partition coefficient (Wildman–Crippen LogP) is -2.16. The zero-order chi connectivity index (χ0) is 11.8. The van der Waals surface area contributed by atoms with Crippen LogP contribution in [0, 0.1) is 0 Å². The SMILES string of the molecule is C=CC1=CC[NH+](C)CC1.O=C([O-])C(=O)O. The van der Waals surface area contributed by atoms with Crippen LogP contribution in [-0.2, 0) is 9.59 Å². The van der Waals surface area contributed by atoms with E-state index in [0.717, 1.165) is 0 Å². The number of rotatable bonds is 1. The van der Waals surface area contributed by atoms with Crippen molar-refractivity contribution in [3.8, 4) is 0 Å². The van der Waals surface area contributed by atoms with E-state index in [1.54, 1.807) is 4.90 Å². The van der Waals surface area contributed by atoms with E-state index in [0.29, 0.717) is 0 Å². The molecular weight excluding hydrogens is 198 g/mol. The third-order valence-corrected chi connectivity index (χ3v) is 1.99. The van der Waals surface area contributed by atoms with E-state index < -0.39 is 11.9 Å².